The predicted octanol–water partition coefficient (Wildman–Crippen LogP) is 2.18. The number of ether oxygens (including phenoxy) is 1. The maximum atomic E-state index is 11.9. The van der Waals surface area contributed by atoms with E-state index in [1.54, 1.807) is 12.1 Å². The van der Waals surface area contributed by atoms with Gasteiger partial charge in [-0.15, -0.1) is 0 Å². The Morgan fingerprint density at radius 1 is 1.56 bits per heavy atom. The van der Waals surface area contributed by atoms with Gasteiger partial charge in [-0.1, -0.05) is 6.92 Å². The number of aromatic hydroxyl groups is 1. The van der Waals surface area contributed by atoms with Gasteiger partial charge < -0.3 is 15.2 Å². The lowest BCUT2D eigenvalue weighted by atomic mass is 10.1. The fraction of sp³-hybridized carbons (Fsp3) is 0.500. The van der Waals surface area contributed by atoms with E-state index in [0.717, 1.165) is 5.92 Å². The summed E-state index contributed by atoms with van der Waals surface area (Å²) in [7, 11) is 1.48. The Balaban J connectivity index is 1.93. The van der Waals surface area contributed by atoms with E-state index in [2.05, 4.69) is 12.2 Å². The zero-order valence-electron chi connectivity index (χ0n) is 10.8. The van der Waals surface area contributed by atoms with Crippen LogP contribution < -0.4 is 10.1 Å². The highest BCUT2D eigenvalue weighted by Crippen LogP contribution is 2.36. The first-order valence-corrected chi connectivity index (χ1v) is 6.27. The van der Waals surface area contributed by atoms with Crippen molar-refractivity contribution in [1.82, 2.24) is 5.32 Å². The fourth-order valence-corrected chi connectivity index (χ4v) is 2.02. The van der Waals surface area contributed by atoms with Crippen molar-refractivity contribution in [2.45, 2.75) is 19.8 Å². The number of phenolic OH excluding ortho intramolecular Hbond substituents is 1. The molecule has 1 amide bonds. The molecule has 1 aliphatic rings. The monoisotopic (exact) mass is 249 g/mol. The zero-order valence-corrected chi connectivity index (χ0v) is 10.8. The van der Waals surface area contributed by atoms with Crippen LogP contribution in [0, 0.1) is 11.8 Å². The minimum Gasteiger partial charge on any atom is -0.504 e. The van der Waals surface area contributed by atoms with Crippen LogP contribution >= 0.6 is 0 Å². The minimum atomic E-state index is -0.152. The Labute approximate surface area is 107 Å². The summed E-state index contributed by atoms with van der Waals surface area (Å²) < 4.78 is 4.94. The maximum absolute atomic E-state index is 11.9. The molecule has 1 aromatic rings. The Morgan fingerprint density at radius 2 is 2.28 bits per heavy atom. The van der Waals surface area contributed by atoms with Crippen LogP contribution in [0.4, 0.5) is 0 Å². The van der Waals surface area contributed by atoms with E-state index in [1.807, 2.05) is 0 Å². The molecule has 0 aromatic heterocycles. The summed E-state index contributed by atoms with van der Waals surface area (Å²) in [6, 6.07) is 4.67. The number of carbonyl (C=O) groups excluding carboxylic acids is 1. The summed E-state index contributed by atoms with van der Waals surface area (Å²) in [5.41, 5.74) is 0.455. The van der Waals surface area contributed by atoms with E-state index in [4.69, 9.17) is 4.74 Å². The van der Waals surface area contributed by atoms with Crippen molar-refractivity contribution in [3.05, 3.63) is 23.8 Å². The molecule has 1 unspecified atom stereocenters. The molecular formula is C14H19NO3. The van der Waals surface area contributed by atoms with Gasteiger partial charge in [-0.05, 0) is 42.9 Å². The van der Waals surface area contributed by atoms with Crippen LogP contribution in [0.2, 0.25) is 0 Å². The number of hydrogen-bond acceptors (Lipinski definition) is 3. The number of hydrogen-bond donors (Lipinski definition) is 2. The average molecular weight is 249 g/mol. The molecule has 1 aromatic carbocycles. The van der Waals surface area contributed by atoms with Gasteiger partial charge >= 0.3 is 0 Å². The van der Waals surface area contributed by atoms with Gasteiger partial charge in [0.15, 0.2) is 11.5 Å². The lowest BCUT2D eigenvalue weighted by molar-refractivity contribution is 0.0946. The average Bonchev–Trinajstić information content (AvgIpc) is 3.19. The largest absolute Gasteiger partial charge is 0.504 e. The van der Waals surface area contributed by atoms with Gasteiger partial charge in [-0.2, -0.15) is 0 Å². The topological polar surface area (TPSA) is 58.6 Å². The first-order chi connectivity index (χ1) is 8.61. The third-order valence-electron chi connectivity index (χ3n) is 3.45. The molecule has 18 heavy (non-hydrogen) atoms. The summed E-state index contributed by atoms with van der Waals surface area (Å²) in [6.45, 7) is 2.85. The molecule has 0 spiro atoms. The third kappa shape index (κ3) is 2.94. The molecule has 1 aliphatic carbocycles. The number of carbonyl (C=O) groups is 1. The summed E-state index contributed by atoms with van der Waals surface area (Å²) in [5, 5.41) is 12.5. The Kier molecular flexibility index (Phi) is 3.75. The summed E-state index contributed by atoms with van der Waals surface area (Å²) >= 11 is 0. The van der Waals surface area contributed by atoms with E-state index in [9.17, 15) is 9.90 Å². The molecule has 1 atom stereocenters. The fourth-order valence-electron chi connectivity index (χ4n) is 2.02. The van der Waals surface area contributed by atoms with Gasteiger partial charge in [0.1, 0.15) is 0 Å². The quantitative estimate of drug-likeness (QED) is 0.841. The number of rotatable bonds is 5. The van der Waals surface area contributed by atoms with Crippen LogP contribution in [0.5, 0.6) is 11.5 Å². The van der Waals surface area contributed by atoms with Gasteiger partial charge in [0.25, 0.3) is 5.91 Å². The van der Waals surface area contributed by atoms with E-state index in [1.165, 1.54) is 26.0 Å². The molecule has 4 heteroatoms. The molecule has 2 N–H and O–H groups in total. The molecule has 1 saturated carbocycles. The highest BCUT2D eigenvalue weighted by molar-refractivity contribution is 5.94. The van der Waals surface area contributed by atoms with Gasteiger partial charge in [0, 0.05) is 12.1 Å². The number of phenols is 1. The molecule has 0 saturated heterocycles. The molecule has 1 fully saturated rings. The highest BCUT2D eigenvalue weighted by atomic mass is 16.5. The van der Waals surface area contributed by atoms with Gasteiger partial charge in [-0.3, -0.25) is 4.79 Å². The Hall–Kier alpha value is -1.71. The summed E-state index contributed by atoms with van der Waals surface area (Å²) in [6.07, 6.45) is 2.56. The number of nitrogens with one attached hydrogen (secondary N) is 1. The van der Waals surface area contributed by atoms with Crippen molar-refractivity contribution in [2.24, 2.45) is 11.8 Å². The van der Waals surface area contributed by atoms with Gasteiger partial charge in [-0.25, -0.2) is 0 Å². The summed E-state index contributed by atoms with van der Waals surface area (Å²) in [5.74, 6) is 1.51. The molecule has 0 radical (unpaired) electrons. The van der Waals surface area contributed by atoms with Crippen molar-refractivity contribution in [1.29, 1.82) is 0 Å². The van der Waals surface area contributed by atoms with Crippen LogP contribution in [-0.4, -0.2) is 24.7 Å². The molecule has 98 valence electrons. The number of benzene rings is 1. The first-order valence-electron chi connectivity index (χ1n) is 6.27. The molecule has 4 nitrogen and oxygen atoms in total. The zero-order chi connectivity index (χ0) is 13.1. The van der Waals surface area contributed by atoms with Crippen molar-refractivity contribution >= 4 is 5.91 Å². The lowest BCUT2D eigenvalue weighted by Crippen LogP contribution is -2.28. The Morgan fingerprint density at radius 3 is 2.83 bits per heavy atom. The minimum absolute atomic E-state index is 0.0135. The van der Waals surface area contributed by atoms with E-state index in [0.29, 0.717) is 23.8 Å². The number of amides is 1. The lowest BCUT2D eigenvalue weighted by Gasteiger charge is -2.12. The molecular weight excluding hydrogens is 230 g/mol. The normalized spacial score (nSPS) is 16.1. The van der Waals surface area contributed by atoms with Crippen LogP contribution in [0.25, 0.3) is 0 Å². The number of methoxy groups -OCH3 is 1. The van der Waals surface area contributed by atoms with E-state index >= 15 is 0 Å². The van der Waals surface area contributed by atoms with Gasteiger partial charge in [0.05, 0.1) is 7.11 Å². The van der Waals surface area contributed by atoms with E-state index < -0.39 is 0 Å². The van der Waals surface area contributed by atoms with Gasteiger partial charge in [0.2, 0.25) is 0 Å². The van der Waals surface area contributed by atoms with Crippen LogP contribution in [0.3, 0.4) is 0 Å². The molecule has 0 aliphatic heterocycles. The van der Waals surface area contributed by atoms with E-state index in [-0.39, 0.29) is 11.7 Å². The second-order valence-corrected chi connectivity index (χ2v) is 4.91. The predicted molar refractivity (Wildman–Crippen MR) is 68.9 cm³/mol. The van der Waals surface area contributed by atoms with Crippen molar-refractivity contribution in [3.63, 3.8) is 0 Å². The first kappa shape index (κ1) is 12.7. The third-order valence-corrected chi connectivity index (χ3v) is 3.45. The second-order valence-electron chi connectivity index (χ2n) is 4.91. The SMILES string of the molecule is COc1ccc(C(=O)NCC(C)C2CC2)cc1O. The highest BCUT2D eigenvalue weighted by Gasteiger charge is 2.27. The van der Waals surface area contributed by atoms with Crippen LogP contribution in [0.15, 0.2) is 18.2 Å². The van der Waals surface area contributed by atoms with Crippen molar-refractivity contribution in [3.8, 4) is 11.5 Å². The van der Waals surface area contributed by atoms with Crippen molar-refractivity contribution < 1.29 is 14.6 Å². The smallest absolute Gasteiger partial charge is 0.251 e. The molecule has 2 rings (SSSR count). The molecule has 0 bridgehead atoms. The Bertz CT molecular complexity index is 441. The standard InChI is InChI=1S/C14H19NO3/c1-9(10-3-4-10)8-15-14(17)11-5-6-13(18-2)12(16)7-11/h5-7,9-10,16H,3-4,8H2,1-2H3,(H,15,17). The van der Waals surface area contributed by atoms with Crippen LogP contribution in [0.1, 0.15) is 30.1 Å². The second kappa shape index (κ2) is 5.29. The van der Waals surface area contributed by atoms with Crippen LogP contribution in [-0.2, 0) is 0 Å². The maximum Gasteiger partial charge on any atom is 0.251 e. The summed E-state index contributed by atoms with van der Waals surface area (Å²) in [4.78, 5) is 11.9. The van der Waals surface area contributed by atoms with Crippen molar-refractivity contribution in [2.75, 3.05) is 13.7 Å². The molecule has 0 heterocycles.